The van der Waals surface area contributed by atoms with Crippen LogP contribution in [0.25, 0.3) is 0 Å². The number of nitrogens with zero attached hydrogens (tertiary/aromatic N) is 2. The highest BCUT2D eigenvalue weighted by Gasteiger charge is 2.30. The standard InChI is InChI=1S/C12H27N3O3S/c1-12(2,14(3)4)10-13-19(17,18)15-7-5-11(9-16)6-8-15/h11,13,16H,5-10H2,1-4H3. The summed E-state index contributed by atoms with van der Waals surface area (Å²) in [5.41, 5.74) is -0.226. The number of likely N-dealkylation sites (N-methyl/N-ethyl adjacent to an activating group) is 1. The Hall–Kier alpha value is -0.210. The van der Waals surface area contributed by atoms with Crippen molar-refractivity contribution in [3.8, 4) is 0 Å². The monoisotopic (exact) mass is 293 g/mol. The van der Waals surface area contributed by atoms with Gasteiger partial charge in [-0.25, -0.2) is 4.72 Å². The summed E-state index contributed by atoms with van der Waals surface area (Å²) in [6.07, 6.45) is 1.46. The first kappa shape index (κ1) is 16.8. The third-order valence-corrected chi connectivity index (χ3v) is 5.62. The lowest BCUT2D eigenvalue weighted by Crippen LogP contribution is -2.52. The van der Waals surface area contributed by atoms with Crippen LogP contribution in [0.1, 0.15) is 26.7 Å². The average molecular weight is 293 g/mol. The second-order valence-electron chi connectivity index (χ2n) is 6.06. The molecule has 0 aromatic carbocycles. The number of piperidine rings is 1. The van der Waals surface area contributed by atoms with E-state index in [-0.39, 0.29) is 18.1 Å². The predicted molar refractivity (Wildman–Crippen MR) is 76.1 cm³/mol. The molecule has 1 aliphatic heterocycles. The van der Waals surface area contributed by atoms with Crippen LogP contribution in [0, 0.1) is 5.92 Å². The lowest BCUT2D eigenvalue weighted by atomic mass is 10.00. The van der Waals surface area contributed by atoms with Crippen LogP contribution in [0.3, 0.4) is 0 Å². The van der Waals surface area contributed by atoms with Gasteiger partial charge in [0.25, 0.3) is 10.2 Å². The van der Waals surface area contributed by atoms with Gasteiger partial charge in [-0.05, 0) is 46.7 Å². The maximum absolute atomic E-state index is 12.2. The maximum Gasteiger partial charge on any atom is 0.279 e. The van der Waals surface area contributed by atoms with E-state index in [1.165, 1.54) is 4.31 Å². The Balaban J connectivity index is 2.53. The van der Waals surface area contributed by atoms with Gasteiger partial charge in [0, 0.05) is 31.8 Å². The van der Waals surface area contributed by atoms with E-state index in [2.05, 4.69) is 4.72 Å². The minimum Gasteiger partial charge on any atom is -0.396 e. The minimum absolute atomic E-state index is 0.148. The molecule has 1 saturated heterocycles. The zero-order chi connectivity index (χ0) is 14.7. The zero-order valence-corrected chi connectivity index (χ0v) is 13.2. The van der Waals surface area contributed by atoms with Crippen LogP contribution in [-0.2, 0) is 10.2 Å². The predicted octanol–water partition coefficient (Wildman–Crippen LogP) is -0.135. The third-order valence-electron chi connectivity index (χ3n) is 4.07. The van der Waals surface area contributed by atoms with Crippen molar-refractivity contribution in [3.05, 3.63) is 0 Å². The highest BCUT2D eigenvalue weighted by Crippen LogP contribution is 2.18. The summed E-state index contributed by atoms with van der Waals surface area (Å²) in [6, 6.07) is 0. The van der Waals surface area contributed by atoms with E-state index in [4.69, 9.17) is 5.11 Å². The van der Waals surface area contributed by atoms with Gasteiger partial charge in [0.2, 0.25) is 0 Å². The number of hydrogen-bond donors (Lipinski definition) is 2. The van der Waals surface area contributed by atoms with Crippen molar-refractivity contribution in [2.45, 2.75) is 32.2 Å². The fourth-order valence-electron chi connectivity index (χ4n) is 1.85. The van der Waals surface area contributed by atoms with E-state index in [9.17, 15) is 8.42 Å². The first-order chi connectivity index (χ1) is 8.69. The quantitative estimate of drug-likeness (QED) is 0.715. The summed E-state index contributed by atoms with van der Waals surface area (Å²) < 4.78 is 28.5. The molecule has 114 valence electrons. The number of nitrogens with one attached hydrogen (secondary N) is 1. The van der Waals surface area contributed by atoms with Crippen molar-refractivity contribution in [2.75, 3.05) is 40.3 Å². The molecule has 7 heteroatoms. The molecule has 0 aromatic heterocycles. The summed E-state index contributed by atoms with van der Waals surface area (Å²) >= 11 is 0. The number of aliphatic hydroxyl groups is 1. The smallest absolute Gasteiger partial charge is 0.279 e. The van der Waals surface area contributed by atoms with Crippen LogP contribution in [0.4, 0.5) is 0 Å². The Morgan fingerprint density at radius 2 is 1.84 bits per heavy atom. The molecule has 0 amide bonds. The molecule has 2 N–H and O–H groups in total. The lowest BCUT2D eigenvalue weighted by Gasteiger charge is -2.35. The maximum atomic E-state index is 12.2. The Kier molecular flexibility index (Phi) is 5.76. The molecule has 0 radical (unpaired) electrons. The van der Waals surface area contributed by atoms with Crippen molar-refractivity contribution in [3.63, 3.8) is 0 Å². The molecule has 1 fully saturated rings. The summed E-state index contributed by atoms with van der Waals surface area (Å²) in [5.74, 6) is 0.240. The SMILES string of the molecule is CN(C)C(C)(C)CNS(=O)(=O)N1CCC(CO)CC1. The van der Waals surface area contributed by atoms with Gasteiger partial charge in [-0.15, -0.1) is 0 Å². The normalized spacial score (nSPS) is 20.1. The highest BCUT2D eigenvalue weighted by molar-refractivity contribution is 7.87. The van der Waals surface area contributed by atoms with Crippen LogP contribution in [0.5, 0.6) is 0 Å². The van der Waals surface area contributed by atoms with Crippen molar-refractivity contribution in [1.29, 1.82) is 0 Å². The number of hydrogen-bond acceptors (Lipinski definition) is 4. The second-order valence-corrected chi connectivity index (χ2v) is 7.81. The van der Waals surface area contributed by atoms with E-state index in [0.29, 0.717) is 19.6 Å². The molecule has 0 aliphatic carbocycles. The van der Waals surface area contributed by atoms with Crippen LogP contribution in [0.2, 0.25) is 0 Å². The molecule has 1 heterocycles. The molecular weight excluding hydrogens is 266 g/mol. The van der Waals surface area contributed by atoms with E-state index in [1.54, 1.807) is 0 Å². The molecular formula is C12H27N3O3S. The van der Waals surface area contributed by atoms with E-state index >= 15 is 0 Å². The van der Waals surface area contributed by atoms with Crippen LogP contribution < -0.4 is 4.72 Å². The van der Waals surface area contributed by atoms with Gasteiger partial charge in [0.05, 0.1) is 0 Å². The van der Waals surface area contributed by atoms with Gasteiger partial charge in [-0.3, -0.25) is 0 Å². The van der Waals surface area contributed by atoms with Crippen molar-refractivity contribution >= 4 is 10.2 Å². The summed E-state index contributed by atoms with van der Waals surface area (Å²) in [5, 5.41) is 9.06. The molecule has 0 saturated carbocycles. The van der Waals surface area contributed by atoms with E-state index in [1.807, 2.05) is 32.8 Å². The van der Waals surface area contributed by atoms with Crippen molar-refractivity contribution in [1.82, 2.24) is 13.9 Å². The Labute approximate surface area is 117 Å². The lowest BCUT2D eigenvalue weighted by molar-refractivity contribution is 0.167. The molecule has 19 heavy (non-hydrogen) atoms. The van der Waals surface area contributed by atoms with Crippen LogP contribution in [-0.4, -0.2) is 68.6 Å². The summed E-state index contributed by atoms with van der Waals surface area (Å²) in [4.78, 5) is 1.99. The van der Waals surface area contributed by atoms with E-state index in [0.717, 1.165) is 12.8 Å². The second kappa shape index (κ2) is 6.49. The third kappa shape index (κ3) is 4.68. The molecule has 0 spiro atoms. The Morgan fingerprint density at radius 3 is 2.26 bits per heavy atom. The van der Waals surface area contributed by atoms with Gasteiger partial charge in [0.1, 0.15) is 0 Å². The molecule has 1 rings (SSSR count). The first-order valence-electron chi connectivity index (χ1n) is 6.72. The minimum atomic E-state index is -3.41. The molecule has 1 aliphatic rings. The number of aliphatic hydroxyl groups excluding tert-OH is 1. The van der Waals surface area contributed by atoms with Crippen LogP contribution >= 0.6 is 0 Å². The van der Waals surface area contributed by atoms with Gasteiger partial charge in [-0.1, -0.05) is 0 Å². The summed E-state index contributed by atoms with van der Waals surface area (Å²) in [6.45, 7) is 5.49. The molecule has 0 atom stereocenters. The molecule has 0 bridgehead atoms. The topological polar surface area (TPSA) is 72.9 Å². The molecule has 0 aromatic rings. The largest absolute Gasteiger partial charge is 0.396 e. The average Bonchev–Trinajstić information content (AvgIpc) is 2.36. The fraction of sp³-hybridized carbons (Fsp3) is 1.00. The molecule has 0 unspecified atom stereocenters. The van der Waals surface area contributed by atoms with Crippen molar-refractivity contribution in [2.24, 2.45) is 5.92 Å². The zero-order valence-electron chi connectivity index (χ0n) is 12.4. The summed E-state index contributed by atoms with van der Waals surface area (Å²) in [7, 11) is 0.457. The highest BCUT2D eigenvalue weighted by atomic mass is 32.2. The van der Waals surface area contributed by atoms with E-state index < -0.39 is 10.2 Å². The van der Waals surface area contributed by atoms with Gasteiger partial charge >= 0.3 is 0 Å². The van der Waals surface area contributed by atoms with Crippen molar-refractivity contribution < 1.29 is 13.5 Å². The Morgan fingerprint density at radius 1 is 1.32 bits per heavy atom. The Bertz CT molecular complexity index is 374. The van der Waals surface area contributed by atoms with Crippen LogP contribution in [0.15, 0.2) is 0 Å². The van der Waals surface area contributed by atoms with Gasteiger partial charge in [-0.2, -0.15) is 12.7 Å². The van der Waals surface area contributed by atoms with Gasteiger partial charge in [0.15, 0.2) is 0 Å². The fourth-order valence-corrected chi connectivity index (χ4v) is 3.26. The number of rotatable bonds is 6. The molecule has 6 nitrogen and oxygen atoms in total. The van der Waals surface area contributed by atoms with Gasteiger partial charge < -0.3 is 10.0 Å². The first-order valence-corrected chi connectivity index (χ1v) is 8.16.